The Kier molecular flexibility index (Phi) is 12.3. The van der Waals surface area contributed by atoms with Crippen molar-refractivity contribution in [2.24, 2.45) is 0 Å². The molecule has 1 heterocycles. The number of benzene rings is 3. The maximum atomic E-state index is 12.6. The number of carboxylic acid groups (broad SMARTS) is 1. The highest BCUT2D eigenvalue weighted by atomic mass is 32.1. The summed E-state index contributed by atoms with van der Waals surface area (Å²) < 4.78 is 0. The molecule has 7 rings (SSSR count). The Labute approximate surface area is 347 Å². The van der Waals surface area contributed by atoms with Crippen LogP contribution in [-0.4, -0.2) is 22.6 Å². The average Bonchev–Trinajstić information content (AvgIpc) is 3.63. The van der Waals surface area contributed by atoms with Crippen molar-refractivity contribution in [3.8, 4) is 0 Å². The number of carbonyl (C=O) groups is 3. The largest absolute Gasteiger partial charge is 0.477 e. The highest BCUT2D eigenvalue weighted by molar-refractivity contribution is 7.14. The Bertz CT molecular complexity index is 2150. The Morgan fingerprint density at radius 3 is 1.26 bits per heavy atom. The van der Waals surface area contributed by atoms with Crippen LogP contribution >= 0.6 is 11.3 Å². The summed E-state index contributed by atoms with van der Waals surface area (Å²) in [6, 6.07) is 24.5. The van der Waals surface area contributed by atoms with Gasteiger partial charge in [0.15, 0.2) is 11.6 Å². The Morgan fingerprint density at radius 1 is 0.509 bits per heavy atom. The number of allylic oxidation sites excluding steroid dienone is 1. The average molecular weight is 787 g/mol. The zero-order valence-electron chi connectivity index (χ0n) is 36.9. The summed E-state index contributed by atoms with van der Waals surface area (Å²) in [5, 5.41) is 8.98. The molecule has 4 aromatic rings. The molecule has 3 aromatic carbocycles. The molecule has 0 unspecified atom stereocenters. The summed E-state index contributed by atoms with van der Waals surface area (Å²) >= 11 is 1.16. The van der Waals surface area contributed by atoms with Gasteiger partial charge in [0.05, 0.1) is 0 Å². The Balaban J connectivity index is 0.000000173. The quantitative estimate of drug-likeness (QED) is 0.162. The third-order valence-electron chi connectivity index (χ3n) is 13.4. The molecule has 5 heteroatoms. The molecule has 1 N–H and O–H groups in total. The second kappa shape index (κ2) is 15.9. The summed E-state index contributed by atoms with van der Waals surface area (Å²) in [5.41, 5.74) is 11.4. The van der Waals surface area contributed by atoms with Gasteiger partial charge in [-0.25, -0.2) is 4.79 Å². The molecule has 0 radical (unpaired) electrons. The van der Waals surface area contributed by atoms with E-state index in [1.54, 1.807) is 36.3 Å². The fourth-order valence-electron chi connectivity index (χ4n) is 8.92. The van der Waals surface area contributed by atoms with Gasteiger partial charge < -0.3 is 5.11 Å². The molecule has 3 aliphatic carbocycles. The molecule has 0 spiro atoms. The summed E-state index contributed by atoms with van der Waals surface area (Å²) in [7, 11) is 0. The van der Waals surface area contributed by atoms with Gasteiger partial charge in [-0.2, -0.15) is 0 Å². The molecule has 0 saturated carbocycles. The molecular formula is C52H66O4S. The molecule has 0 bridgehead atoms. The maximum absolute atomic E-state index is 12.6. The normalized spacial score (nSPS) is 19.9. The van der Waals surface area contributed by atoms with Gasteiger partial charge in [-0.05, 0) is 148 Å². The van der Waals surface area contributed by atoms with Crippen molar-refractivity contribution in [3.05, 3.63) is 133 Å². The fraction of sp³-hybridized carbons (Fsp3) is 0.481. The first kappa shape index (κ1) is 44.0. The lowest BCUT2D eigenvalue weighted by Gasteiger charge is -2.42. The van der Waals surface area contributed by atoms with Crippen molar-refractivity contribution in [1.29, 1.82) is 0 Å². The van der Waals surface area contributed by atoms with Crippen LogP contribution in [0.15, 0.2) is 78.9 Å². The van der Waals surface area contributed by atoms with Crippen LogP contribution < -0.4 is 0 Å². The Morgan fingerprint density at radius 2 is 0.877 bits per heavy atom. The zero-order chi connectivity index (χ0) is 42.4. The predicted octanol–water partition coefficient (Wildman–Crippen LogP) is 14.0. The molecule has 3 aliphatic rings. The monoisotopic (exact) mass is 786 g/mol. The van der Waals surface area contributed by atoms with Crippen LogP contribution in [0.4, 0.5) is 0 Å². The van der Waals surface area contributed by atoms with Crippen molar-refractivity contribution < 1.29 is 19.5 Å². The van der Waals surface area contributed by atoms with E-state index in [1.807, 2.05) is 18.2 Å². The predicted molar refractivity (Wildman–Crippen MR) is 240 cm³/mol. The van der Waals surface area contributed by atoms with E-state index in [0.29, 0.717) is 16.4 Å². The fourth-order valence-corrected chi connectivity index (χ4v) is 9.67. The minimum Gasteiger partial charge on any atom is -0.477 e. The molecule has 0 aliphatic heterocycles. The van der Waals surface area contributed by atoms with Crippen LogP contribution in [0.2, 0.25) is 0 Å². The zero-order valence-corrected chi connectivity index (χ0v) is 37.7. The first-order valence-corrected chi connectivity index (χ1v) is 21.6. The number of carbonyl (C=O) groups excluding carboxylic acids is 2. The van der Waals surface area contributed by atoms with Crippen LogP contribution in [0.3, 0.4) is 0 Å². The van der Waals surface area contributed by atoms with Gasteiger partial charge in [-0.3, -0.25) is 9.59 Å². The molecule has 57 heavy (non-hydrogen) atoms. The van der Waals surface area contributed by atoms with Gasteiger partial charge in [0.25, 0.3) is 0 Å². The molecular weight excluding hydrogens is 721 g/mol. The molecule has 0 atom stereocenters. The van der Waals surface area contributed by atoms with Crippen molar-refractivity contribution in [2.45, 2.75) is 161 Å². The van der Waals surface area contributed by atoms with Crippen molar-refractivity contribution >= 4 is 34.9 Å². The lowest BCUT2D eigenvalue weighted by Crippen LogP contribution is -2.34. The van der Waals surface area contributed by atoms with Crippen molar-refractivity contribution in [3.63, 3.8) is 0 Å². The van der Waals surface area contributed by atoms with Gasteiger partial charge in [-0.15, -0.1) is 11.3 Å². The molecule has 1 aromatic heterocycles. The van der Waals surface area contributed by atoms with Gasteiger partial charge in [0, 0.05) is 16.0 Å². The van der Waals surface area contributed by atoms with Crippen LogP contribution in [0.25, 0.3) is 6.08 Å². The highest BCUT2D eigenvalue weighted by Crippen LogP contribution is 2.48. The lowest BCUT2D eigenvalue weighted by molar-refractivity contribution is 0.0701. The number of aromatic carboxylic acids is 1. The number of carboxylic acids is 1. The minimum absolute atomic E-state index is 0.0581. The molecule has 4 nitrogen and oxygen atoms in total. The summed E-state index contributed by atoms with van der Waals surface area (Å²) in [6.07, 6.45) is 10.5. The van der Waals surface area contributed by atoms with Gasteiger partial charge >= 0.3 is 5.97 Å². The smallest absolute Gasteiger partial charge is 0.345 e. The number of Topliss-reactive ketones (excluding diaryl/α,β-unsaturated/α-hetero) is 1. The van der Waals surface area contributed by atoms with Gasteiger partial charge in [-0.1, -0.05) is 132 Å². The summed E-state index contributed by atoms with van der Waals surface area (Å²) in [4.78, 5) is 36.1. The lowest BCUT2D eigenvalue weighted by atomic mass is 9.63. The van der Waals surface area contributed by atoms with Crippen LogP contribution in [0.5, 0.6) is 0 Å². The molecule has 0 amide bonds. The third-order valence-corrected chi connectivity index (χ3v) is 14.4. The van der Waals surface area contributed by atoms with Gasteiger partial charge in [0.1, 0.15) is 4.88 Å². The van der Waals surface area contributed by atoms with E-state index >= 15 is 0 Å². The van der Waals surface area contributed by atoms with Crippen molar-refractivity contribution in [1.82, 2.24) is 0 Å². The van der Waals surface area contributed by atoms with E-state index < -0.39 is 5.97 Å². The number of hydrogen-bond acceptors (Lipinski definition) is 4. The number of rotatable bonds is 5. The topological polar surface area (TPSA) is 71.4 Å². The van der Waals surface area contributed by atoms with E-state index in [4.69, 9.17) is 5.11 Å². The van der Waals surface area contributed by atoms with Gasteiger partial charge in [0.2, 0.25) is 0 Å². The first-order valence-electron chi connectivity index (χ1n) is 20.7. The van der Waals surface area contributed by atoms with Crippen LogP contribution in [0.1, 0.15) is 197 Å². The maximum Gasteiger partial charge on any atom is 0.345 e. The summed E-state index contributed by atoms with van der Waals surface area (Å²) in [6.45, 7) is 29.3. The van der Waals surface area contributed by atoms with E-state index in [1.165, 1.54) is 54.0 Å². The van der Waals surface area contributed by atoms with E-state index in [0.717, 1.165) is 34.6 Å². The number of thiophene rings is 1. The van der Waals surface area contributed by atoms with E-state index in [2.05, 4.69) is 126 Å². The summed E-state index contributed by atoms with van der Waals surface area (Å²) in [5.74, 6) is -0.843. The number of fused-ring (bicyclic) bond motifs is 3. The SMILES string of the molecule is CC(=O)c1ccc2c(c1)C(C)(C)CCC2(C)C.CC1(C)CCC(C)(C)c2cc(C(=O)/C=C/c3ccc(C(=O)O)s3)ccc21.CC1(C)CCC(C)(C)c2ccccc21. The standard InChI is InChI=1S/C22H24O3S.C16H22O.C14H20/c1-21(2)11-12-22(3,4)17-13-14(5-8-16(17)21)18(23)9-6-15-7-10-19(26-15)20(24)25;1-11(17)12-6-7-13-14(10-12)16(4,5)9-8-15(13,2)3;1-13(2)9-10-14(3,4)12-8-6-5-7-11(12)13/h5-10,13H,11-12H2,1-4H3,(H,24,25);6-7,10H,8-9H2,1-5H3;5-8H,9-10H2,1-4H3/b9-6+;;. The van der Waals surface area contributed by atoms with E-state index in [9.17, 15) is 14.4 Å². The molecule has 0 saturated heterocycles. The van der Waals surface area contributed by atoms with Crippen LogP contribution in [-0.2, 0) is 32.5 Å². The molecule has 304 valence electrons. The highest BCUT2D eigenvalue weighted by Gasteiger charge is 2.39. The number of hydrogen-bond donors (Lipinski definition) is 1. The molecule has 0 fully saturated rings. The number of ketones is 2. The Hall–Kier alpha value is -4.09. The van der Waals surface area contributed by atoms with Crippen molar-refractivity contribution in [2.75, 3.05) is 0 Å². The second-order valence-electron chi connectivity index (χ2n) is 20.6. The second-order valence-corrected chi connectivity index (χ2v) is 21.7. The third kappa shape index (κ3) is 9.62. The first-order chi connectivity index (χ1) is 26.3. The van der Waals surface area contributed by atoms with E-state index in [-0.39, 0.29) is 38.1 Å². The van der Waals surface area contributed by atoms with Crippen LogP contribution in [0, 0.1) is 0 Å². The minimum atomic E-state index is -0.944.